The first-order valence-electron chi connectivity index (χ1n) is 7.24. The fraction of sp³-hybridized carbons (Fsp3) is 0.533. The number of halogens is 1. The van der Waals surface area contributed by atoms with Crippen molar-refractivity contribution in [3.05, 3.63) is 23.5 Å². The monoisotopic (exact) mass is 291 g/mol. The summed E-state index contributed by atoms with van der Waals surface area (Å²) < 4.78 is 16.0. The predicted molar refractivity (Wildman–Crippen MR) is 81.1 cm³/mol. The highest BCUT2D eigenvalue weighted by molar-refractivity contribution is 5.63. The van der Waals surface area contributed by atoms with Crippen LogP contribution in [0.15, 0.2) is 12.1 Å². The molecule has 2 rings (SSSR count). The van der Waals surface area contributed by atoms with Crippen LogP contribution in [0.2, 0.25) is 0 Å². The number of nitrogens with two attached hydrogens (primary N) is 1. The summed E-state index contributed by atoms with van der Waals surface area (Å²) >= 11 is 0. The van der Waals surface area contributed by atoms with Crippen molar-refractivity contribution in [1.82, 2.24) is 20.2 Å². The molecule has 2 N–H and O–H groups in total. The Hall–Kier alpha value is -1.98. The van der Waals surface area contributed by atoms with Gasteiger partial charge in [-0.2, -0.15) is 0 Å². The van der Waals surface area contributed by atoms with Gasteiger partial charge >= 0.3 is 0 Å². The number of nitrogen functional groups attached to an aromatic ring is 1. The molecule has 2 aromatic rings. The highest BCUT2D eigenvalue weighted by atomic mass is 19.1. The maximum Gasteiger partial charge on any atom is 0.185 e. The third-order valence-corrected chi connectivity index (χ3v) is 3.59. The van der Waals surface area contributed by atoms with Crippen LogP contribution in [-0.4, -0.2) is 20.2 Å². The minimum Gasteiger partial charge on any atom is -0.399 e. The Kier molecular flexibility index (Phi) is 4.55. The van der Waals surface area contributed by atoms with Crippen molar-refractivity contribution < 1.29 is 4.39 Å². The molecule has 0 aliphatic heterocycles. The highest BCUT2D eigenvalue weighted by Gasteiger charge is 2.19. The van der Waals surface area contributed by atoms with Crippen LogP contribution in [0.5, 0.6) is 0 Å². The zero-order valence-corrected chi connectivity index (χ0v) is 13.0. The van der Waals surface area contributed by atoms with Crippen molar-refractivity contribution in [1.29, 1.82) is 0 Å². The number of tetrazole rings is 1. The number of hydrogen-bond donors (Lipinski definition) is 1. The topological polar surface area (TPSA) is 69.6 Å². The largest absolute Gasteiger partial charge is 0.399 e. The van der Waals surface area contributed by atoms with Crippen LogP contribution >= 0.6 is 0 Å². The summed E-state index contributed by atoms with van der Waals surface area (Å²) in [5, 5.41) is 11.7. The number of rotatable bonds is 5. The van der Waals surface area contributed by atoms with Gasteiger partial charge in [0.2, 0.25) is 0 Å². The molecule has 0 aliphatic rings. The molecule has 0 fully saturated rings. The standard InChI is InChI=1S/C15H22FN5/c1-9(2)5-6-11(4)21-15(18-19-20-21)13-8-12(17)7-10(3)14(13)16/h7-9,11H,5-6,17H2,1-4H3. The van der Waals surface area contributed by atoms with E-state index >= 15 is 0 Å². The lowest BCUT2D eigenvalue weighted by molar-refractivity contribution is 0.406. The fourth-order valence-corrected chi connectivity index (χ4v) is 2.32. The second-order valence-electron chi connectivity index (χ2n) is 5.97. The van der Waals surface area contributed by atoms with Gasteiger partial charge in [0, 0.05) is 5.69 Å². The Morgan fingerprint density at radius 1 is 1.24 bits per heavy atom. The van der Waals surface area contributed by atoms with E-state index in [2.05, 4.69) is 29.4 Å². The van der Waals surface area contributed by atoms with E-state index < -0.39 is 0 Å². The van der Waals surface area contributed by atoms with Crippen LogP contribution in [0.3, 0.4) is 0 Å². The van der Waals surface area contributed by atoms with Crippen molar-refractivity contribution in [2.24, 2.45) is 5.92 Å². The van der Waals surface area contributed by atoms with Gasteiger partial charge in [-0.25, -0.2) is 9.07 Å². The summed E-state index contributed by atoms with van der Waals surface area (Å²) in [6, 6.07) is 3.30. The van der Waals surface area contributed by atoms with E-state index in [-0.39, 0.29) is 11.9 Å². The van der Waals surface area contributed by atoms with E-state index in [9.17, 15) is 4.39 Å². The van der Waals surface area contributed by atoms with E-state index in [0.717, 1.165) is 12.8 Å². The molecule has 6 heteroatoms. The van der Waals surface area contributed by atoms with Crippen molar-refractivity contribution in [2.45, 2.75) is 46.6 Å². The van der Waals surface area contributed by atoms with E-state index in [0.29, 0.717) is 28.6 Å². The molecule has 1 heterocycles. The zero-order valence-electron chi connectivity index (χ0n) is 13.0. The first-order chi connectivity index (χ1) is 9.90. The van der Waals surface area contributed by atoms with Gasteiger partial charge in [0.05, 0.1) is 11.6 Å². The summed E-state index contributed by atoms with van der Waals surface area (Å²) in [6.45, 7) is 8.08. The number of aryl methyl sites for hydroxylation is 1. The average molecular weight is 291 g/mol. The Morgan fingerprint density at radius 2 is 1.95 bits per heavy atom. The number of anilines is 1. The third kappa shape index (κ3) is 3.37. The molecule has 1 unspecified atom stereocenters. The van der Waals surface area contributed by atoms with Gasteiger partial charge in [0.15, 0.2) is 5.82 Å². The lowest BCUT2D eigenvalue weighted by Gasteiger charge is -2.15. The molecule has 0 saturated heterocycles. The Morgan fingerprint density at radius 3 is 2.62 bits per heavy atom. The second kappa shape index (κ2) is 6.20. The van der Waals surface area contributed by atoms with Crippen LogP contribution in [0.25, 0.3) is 11.4 Å². The summed E-state index contributed by atoms with van der Waals surface area (Å²) in [5.41, 5.74) is 7.17. The molecule has 21 heavy (non-hydrogen) atoms. The molecule has 0 amide bonds. The lowest BCUT2D eigenvalue weighted by Crippen LogP contribution is -2.11. The molecular formula is C15H22FN5. The van der Waals surface area contributed by atoms with Gasteiger partial charge in [-0.15, -0.1) is 5.10 Å². The lowest BCUT2D eigenvalue weighted by atomic mass is 10.0. The third-order valence-electron chi connectivity index (χ3n) is 3.59. The molecule has 0 spiro atoms. The van der Waals surface area contributed by atoms with Crippen LogP contribution in [0.4, 0.5) is 10.1 Å². The molecular weight excluding hydrogens is 269 g/mol. The smallest absolute Gasteiger partial charge is 0.185 e. The van der Waals surface area contributed by atoms with Gasteiger partial charge in [0.25, 0.3) is 0 Å². The normalized spacial score (nSPS) is 12.9. The van der Waals surface area contributed by atoms with E-state index in [1.165, 1.54) is 0 Å². The fourth-order valence-electron chi connectivity index (χ4n) is 2.32. The maximum atomic E-state index is 14.3. The molecule has 0 bridgehead atoms. The molecule has 114 valence electrons. The van der Waals surface area contributed by atoms with Crippen molar-refractivity contribution >= 4 is 5.69 Å². The highest BCUT2D eigenvalue weighted by Crippen LogP contribution is 2.28. The summed E-state index contributed by atoms with van der Waals surface area (Å²) in [6.07, 6.45) is 2.01. The van der Waals surface area contributed by atoms with E-state index in [1.54, 1.807) is 23.7 Å². The van der Waals surface area contributed by atoms with Crippen LogP contribution in [0, 0.1) is 18.7 Å². The second-order valence-corrected chi connectivity index (χ2v) is 5.97. The predicted octanol–water partition coefficient (Wildman–Crippen LogP) is 3.37. The van der Waals surface area contributed by atoms with Crippen LogP contribution < -0.4 is 5.73 Å². The van der Waals surface area contributed by atoms with Gasteiger partial charge in [-0.1, -0.05) is 13.8 Å². The summed E-state index contributed by atoms with van der Waals surface area (Å²) in [7, 11) is 0. The molecule has 1 atom stereocenters. The Bertz CT molecular complexity index is 621. The minimum atomic E-state index is -0.323. The van der Waals surface area contributed by atoms with Gasteiger partial charge < -0.3 is 5.73 Å². The molecule has 5 nitrogen and oxygen atoms in total. The Balaban J connectivity index is 2.36. The quantitative estimate of drug-likeness (QED) is 0.857. The Labute approximate surface area is 124 Å². The minimum absolute atomic E-state index is 0.110. The number of benzene rings is 1. The SMILES string of the molecule is Cc1cc(N)cc(-c2nnnn2C(C)CCC(C)C)c1F. The van der Waals surface area contributed by atoms with Crippen molar-refractivity contribution in [3.63, 3.8) is 0 Å². The van der Waals surface area contributed by atoms with Gasteiger partial charge in [-0.3, -0.25) is 0 Å². The first kappa shape index (κ1) is 15.4. The van der Waals surface area contributed by atoms with E-state index in [4.69, 9.17) is 5.73 Å². The molecule has 0 aliphatic carbocycles. The summed E-state index contributed by atoms with van der Waals surface area (Å²) in [5.74, 6) is 0.717. The molecule has 1 aromatic carbocycles. The maximum absolute atomic E-state index is 14.3. The van der Waals surface area contributed by atoms with Crippen LogP contribution in [0.1, 0.15) is 45.2 Å². The number of nitrogens with zero attached hydrogens (tertiary/aromatic N) is 4. The van der Waals surface area contributed by atoms with E-state index in [1.807, 2.05) is 6.92 Å². The number of hydrogen-bond acceptors (Lipinski definition) is 4. The summed E-state index contributed by atoms with van der Waals surface area (Å²) in [4.78, 5) is 0. The first-order valence-corrected chi connectivity index (χ1v) is 7.24. The van der Waals surface area contributed by atoms with Crippen molar-refractivity contribution in [3.8, 4) is 11.4 Å². The molecule has 0 saturated carbocycles. The number of aromatic nitrogens is 4. The van der Waals surface area contributed by atoms with Crippen LogP contribution in [-0.2, 0) is 0 Å². The van der Waals surface area contributed by atoms with Gasteiger partial charge in [-0.05, 0) is 60.7 Å². The molecule has 1 aromatic heterocycles. The average Bonchev–Trinajstić information content (AvgIpc) is 2.89. The zero-order chi connectivity index (χ0) is 15.6. The molecule has 0 radical (unpaired) electrons. The van der Waals surface area contributed by atoms with Gasteiger partial charge in [0.1, 0.15) is 5.82 Å². The van der Waals surface area contributed by atoms with Crippen molar-refractivity contribution in [2.75, 3.05) is 5.73 Å².